The van der Waals surface area contributed by atoms with Crippen LogP contribution in [0.15, 0.2) is 4.99 Å². The first kappa shape index (κ1) is 21.4. The van der Waals surface area contributed by atoms with Crippen LogP contribution in [0.3, 0.4) is 0 Å². The van der Waals surface area contributed by atoms with Gasteiger partial charge in [0, 0.05) is 73.2 Å². The SMILES string of the molecule is CN=C(NCCN(CCOC)C1CC1)N1CCC(OCCCOC)CC1. The van der Waals surface area contributed by atoms with Gasteiger partial charge in [0.05, 0.1) is 12.7 Å². The van der Waals surface area contributed by atoms with Gasteiger partial charge in [-0.1, -0.05) is 0 Å². The molecule has 1 aliphatic carbocycles. The normalized spacial score (nSPS) is 19.4. The molecule has 0 aromatic rings. The zero-order chi connectivity index (χ0) is 18.6. The predicted molar refractivity (Wildman–Crippen MR) is 105 cm³/mol. The molecule has 0 spiro atoms. The van der Waals surface area contributed by atoms with Crippen LogP contribution < -0.4 is 5.32 Å². The van der Waals surface area contributed by atoms with Gasteiger partial charge in [0.1, 0.15) is 0 Å². The number of nitrogens with one attached hydrogen (secondary N) is 1. The first-order valence-electron chi connectivity index (χ1n) is 10.1. The van der Waals surface area contributed by atoms with Crippen molar-refractivity contribution in [1.29, 1.82) is 0 Å². The van der Waals surface area contributed by atoms with Gasteiger partial charge >= 0.3 is 0 Å². The highest BCUT2D eigenvalue weighted by atomic mass is 16.5. The molecule has 0 amide bonds. The van der Waals surface area contributed by atoms with E-state index in [1.807, 2.05) is 7.05 Å². The lowest BCUT2D eigenvalue weighted by molar-refractivity contribution is 0.00989. The minimum absolute atomic E-state index is 0.376. The highest BCUT2D eigenvalue weighted by molar-refractivity contribution is 5.79. The lowest BCUT2D eigenvalue weighted by atomic mass is 10.1. The second-order valence-electron chi connectivity index (χ2n) is 7.14. The molecule has 1 saturated carbocycles. The average Bonchev–Trinajstić information content (AvgIpc) is 3.51. The molecule has 7 heteroatoms. The van der Waals surface area contributed by atoms with Gasteiger partial charge in [0.2, 0.25) is 0 Å². The molecular formula is C19H38N4O3. The van der Waals surface area contributed by atoms with Gasteiger partial charge in [-0.05, 0) is 32.1 Å². The summed E-state index contributed by atoms with van der Waals surface area (Å²) in [6, 6.07) is 0.764. The third-order valence-corrected chi connectivity index (χ3v) is 5.13. The van der Waals surface area contributed by atoms with Crippen molar-refractivity contribution in [2.24, 2.45) is 4.99 Å². The van der Waals surface area contributed by atoms with Crippen molar-refractivity contribution in [2.75, 3.05) is 73.8 Å². The quantitative estimate of drug-likeness (QED) is 0.316. The summed E-state index contributed by atoms with van der Waals surface area (Å²) in [5, 5.41) is 3.54. The average molecular weight is 371 g/mol. The Labute approximate surface area is 159 Å². The molecule has 1 saturated heterocycles. The fourth-order valence-corrected chi connectivity index (χ4v) is 3.46. The zero-order valence-corrected chi connectivity index (χ0v) is 16.9. The summed E-state index contributed by atoms with van der Waals surface area (Å²) in [6.45, 7) is 7.39. The molecule has 0 radical (unpaired) electrons. The van der Waals surface area contributed by atoms with Gasteiger partial charge in [-0.25, -0.2) is 0 Å². The second-order valence-corrected chi connectivity index (χ2v) is 7.14. The minimum atomic E-state index is 0.376. The van der Waals surface area contributed by atoms with Crippen LogP contribution in [0.5, 0.6) is 0 Å². The number of piperidine rings is 1. The van der Waals surface area contributed by atoms with E-state index in [0.717, 1.165) is 83.8 Å². The van der Waals surface area contributed by atoms with Crippen molar-refractivity contribution in [1.82, 2.24) is 15.1 Å². The largest absolute Gasteiger partial charge is 0.385 e. The van der Waals surface area contributed by atoms with Crippen LogP contribution in [-0.4, -0.2) is 102 Å². The first-order chi connectivity index (χ1) is 12.8. The molecule has 1 heterocycles. The molecule has 0 atom stereocenters. The van der Waals surface area contributed by atoms with Crippen molar-refractivity contribution in [3.05, 3.63) is 0 Å². The van der Waals surface area contributed by atoms with Crippen LogP contribution in [0.25, 0.3) is 0 Å². The second kappa shape index (κ2) is 12.5. The van der Waals surface area contributed by atoms with E-state index in [4.69, 9.17) is 14.2 Å². The molecule has 0 aromatic carbocycles. The highest BCUT2D eigenvalue weighted by Crippen LogP contribution is 2.26. The van der Waals surface area contributed by atoms with Crippen molar-refractivity contribution in [2.45, 2.75) is 44.2 Å². The maximum Gasteiger partial charge on any atom is 0.193 e. The lowest BCUT2D eigenvalue weighted by Gasteiger charge is -2.34. The predicted octanol–water partition coefficient (Wildman–Crippen LogP) is 1.19. The first-order valence-corrected chi connectivity index (χ1v) is 10.1. The van der Waals surface area contributed by atoms with E-state index in [1.165, 1.54) is 12.8 Å². The number of likely N-dealkylation sites (tertiary alicyclic amines) is 1. The Morgan fingerprint density at radius 2 is 1.77 bits per heavy atom. The topological polar surface area (TPSA) is 58.6 Å². The van der Waals surface area contributed by atoms with Crippen molar-refractivity contribution in [3.63, 3.8) is 0 Å². The van der Waals surface area contributed by atoms with Crippen LogP contribution in [-0.2, 0) is 14.2 Å². The highest BCUT2D eigenvalue weighted by Gasteiger charge is 2.28. The molecule has 26 heavy (non-hydrogen) atoms. The van der Waals surface area contributed by atoms with E-state index in [2.05, 4.69) is 20.1 Å². The monoisotopic (exact) mass is 370 g/mol. The Bertz CT molecular complexity index is 396. The standard InChI is InChI=1S/C19H38N4O3/c1-20-19(21-9-12-22(13-16-25-3)17-5-6-17)23-10-7-18(8-11-23)26-15-4-14-24-2/h17-18H,4-16H2,1-3H3,(H,20,21). The molecule has 0 unspecified atom stereocenters. The maximum atomic E-state index is 5.94. The number of nitrogens with zero attached hydrogens (tertiary/aromatic N) is 3. The summed E-state index contributed by atoms with van der Waals surface area (Å²) in [4.78, 5) is 9.36. The Kier molecular flexibility index (Phi) is 10.3. The fourth-order valence-electron chi connectivity index (χ4n) is 3.46. The Morgan fingerprint density at radius 1 is 1.04 bits per heavy atom. The molecule has 1 aliphatic heterocycles. The number of guanidine groups is 1. The number of aliphatic imine (C=N–C) groups is 1. The maximum absolute atomic E-state index is 5.94. The molecule has 7 nitrogen and oxygen atoms in total. The van der Waals surface area contributed by atoms with Gasteiger partial charge < -0.3 is 24.4 Å². The van der Waals surface area contributed by atoms with Crippen LogP contribution in [0, 0.1) is 0 Å². The van der Waals surface area contributed by atoms with E-state index < -0.39 is 0 Å². The van der Waals surface area contributed by atoms with Gasteiger partial charge in [-0.3, -0.25) is 9.89 Å². The number of hydrogen-bond acceptors (Lipinski definition) is 5. The number of rotatable bonds is 12. The summed E-state index contributed by atoms with van der Waals surface area (Å²) in [7, 11) is 5.38. The molecule has 2 aliphatic rings. The Balaban J connectivity index is 1.62. The van der Waals surface area contributed by atoms with Crippen molar-refractivity contribution >= 4 is 5.96 Å². The van der Waals surface area contributed by atoms with Crippen LogP contribution in [0.4, 0.5) is 0 Å². The van der Waals surface area contributed by atoms with E-state index in [1.54, 1.807) is 14.2 Å². The fraction of sp³-hybridized carbons (Fsp3) is 0.947. The van der Waals surface area contributed by atoms with E-state index in [0.29, 0.717) is 6.10 Å². The van der Waals surface area contributed by atoms with Crippen molar-refractivity contribution < 1.29 is 14.2 Å². The molecule has 152 valence electrons. The van der Waals surface area contributed by atoms with Gasteiger partial charge in [-0.2, -0.15) is 0 Å². The molecule has 2 rings (SSSR count). The molecular weight excluding hydrogens is 332 g/mol. The minimum Gasteiger partial charge on any atom is -0.385 e. The lowest BCUT2D eigenvalue weighted by Crippen LogP contribution is -2.48. The third-order valence-electron chi connectivity index (χ3n) is 5.13. The number of methoxy groups -OCH3 is 2. The molecule has 2 fully saturated rings. The van der Waals surface area contributed by atoms with Crippen LogP contribution in [0.1, 0.15) is 32.1 Å². The van der Waals surface area contributed by atoms with E-state index in [-0.39, 0.29) is 0 Å². The Morgan fingerprint density at radius 3 is 2.38 bits per heavy atom. The third kappa shape index (κ3) is 7.78. The van der Waals surface area contributed by atoms with Crippen molar-refractivity contribution in [3.8, 4) is 0 Å². The van der Waals surface area contributed by atoms with Gasteiger partial charge in [-0.15, -0.1) is 0 Å². The van der Waals surface area contributed by atoms with Gasteiger partial charge in [0.25, 0.3) is 0 Å². The number of ether oxygens (including phenoxy) is 3. The summed E-state index contributed by atoms with van der Waals surface area (Å²) >= 11 is 0. The number of hydrogen-bond donors (Lipinski definition) is 1. The Hall–Kier alpha value is -0.890. The summed E-state index contributed by atoms with van der Waals surface area (Å²) < 4.78 is 16.2. The summed E-state index contributed by atoms with van der Waals surface area (Å²) in [5.41, 5.74) is 0. The molecule has 1 N–H and O–H groups in total. The van der Waals surface area contributed by atoms with Crippen LogP contribution >= 0.6 is 0 Å². The van der Waals surface area contributed by atoms with E-state index in [9.17, 15) is 0 Å². The zero-order valence-electron chi connectivity index (χ0n) is 16.9. The van der Waals surface area contributed by atoms with E-state index >= 15 is 0 Å². The smallest absolute Gasteiger partial charge is 0.193 e. The molecule has 0 aromatic heterocycles. The molecule has 0 bridgehead atoms. The van der Waals surface area contributed by atoms with Gasteiger partial charge in [0.15, 0.2) is 5.96 Å². The summed E-state index contributed by atoms with van der Waals surface area (Å²) in [5.74, 6) is 1.02. The summed E-state index contributed by atoms with van der Waals surface area (Å²) in [6.07, 6.45) is 6.14. The van der Waals surface area contributed by atoms with Crippen LogP contribution in [0.2, 0.25) is 0 Å².